The summed E-state index contributed by atoms with van der Waals surface area (Å²) in [5.74, 6) is 0.657. The molecule has 12 heavy (non-hydrogen) atoms. The third kappa shape index (κ3) is 1.01. The Bertz CT molecular complexity index is 281. The Morgan fingerprint density at radius 1 is 1.42 bits per heavy atom. The monoisotopic (exact) mass is 161 g/mol. The summed E-state index contributed by atoms with van der Waals surface area (Å²) in [5, 5.41) is 0. The van der Waals surface area contributed by atoms with Gasteiger partial charge in [0.15, 0.2) is 0 Å². The number of likely N-dealkylation sites (N-methyl/N-ethyl adjacent to an activating group) is 1. The third-order valence-electron chi connectivity index (χ3n) is 2.63. The van der Waals surface area contributed by atoms with Crippen molar-refractivity contribution in [2.75, 3.05) is 7.05 Å². The van der Waals surface area contributed by atoms with E-state index in [1.54, 1.807) is 0 Å². The van der Waals surface area contributed by atoms with Gasteiger partial charge < -0.3 is 4.90 Å². The fourth-order valence-corrected chi connectivity index (χ4v) is 1.76. The Hall–Kier alpha value is -0.980. The molecule has 0 radical (unpaired) electrons. The zero-order valence-electron chi connectivity index (χ0n) is 7.91. The average Bonchev–Trinajstić information content (AvgIpc) is 2.53. The second kappa shape index (κ2) is 2.51. The van der Waals surface area contributed by atoms with Crippen LogP contribution in [0.15, 0.2) is 35.6 Å². The van der Waals surface area contributed by atoms with Gasteiger partial charge >= 0.3 is 0 Å². The minimum Gasteiger partial charge on any atom is -0.370 e. The van der Waals surface area contributed by atoms with E-state index in [9.17, 15) is 0 Å². The minimum atomic E-state index is 0.530. The van der Waals surface area contributed by atoms with Gasteiger partial charge in [0.1, 0.15) is 0 Å². The summed E-state index contributed by atoms with van der Waals surface area (Å²) in [6.45, 7) is 4.49. The number of rotatable bonds is 1. The summed E-state index contributed by atoms with van der Waals surface area (Å²) in [4.78, 5) is 2.25. The van der Waals surface area contributed by atoms with Gasteiger partial charge in [0, 0.05) is 7.05 Å². The first-order chi connectivity index (χ1) is 5.68. The van der Waals surface area contributed by atoms with E-state index in [0.29, 0.717) is 12.0 Å². The summed E-state index contributed by atoms with van der Waals surface area (Å²) >= 11 is 0. The molecule has 0 saturated carbocycles. The lowest BCUT2D eigenvalue weighted by atomic mass is 10.1. The summed E-state index contributed by atoms with van der Waals surface area (Å²) < 4.78 is 0. The number of hydrogen-bond donors (Lipinski definition) is 0. The van der Waals surface area contributed by atoms with Crippen LogP contribution in [0.2, 0.25) is 0 Å². The Balaban J connectivity index is 2.27. The van der Waals surface area contributed by atoms with E-state index >= 15 is 0 Å². The maximum atomic E-state index is 2.36. The highest BCUT2D eigenvalue weighted by atomic mass is 15.1. The maximum absolute atomic E-state index is 2.36. The van der Waals surface area contributed by atoms with Crippen LogP contribution in [0.5, 0.6) is 0 Å². The van der Waals surface area contributed by atoms with Gasteiger partial charge in [0.05, 0.1) is 6.04 Å². The lowest BCUT2D eigenvalue weighted by Crippen LogP contribution is -2.19. The lowest BCUT2D eigenvalue weighted by Gasteiger charge is -2.15. The smallest absolute Gasteiger partial charge is 0.0724 e. The normalized spacial score (nSPS) is 26.3. The quantitative estimate of drug-likeness (QED) is 0.570. The van der Waals surface area contributed by atoms with E-state index < -0.39 is 0 Å². The first-order valence-electron chi connectivity index (χ1n) is 4.52. The Labute approximate surface area is 74.1 Å². The maximum Gasteiger partial charge on any atom is 0.0724 e. The predicted octanol–water partition coefficient (Wildman–Crippen LogP) is 2.34. The molecule has 1 nitrogen and oxygen atoms in total. The lowest BCUT2D eigenvalue weighted by molar-refractivity contribution is 0.452. The first-order valence-corrected chi connectivity index (χ1v) is 4.52. The molecule has 0 aromatic heterocycles. The molecule has 0 spiro atoms. The third-order valence-corrected chi connectivity index (χ3v) is 2.63. The van der Waals surface area contributed by atoms with Crippen molar-refractivity contribution in [3.63, 3.8) is 0 Å². The van der Waals surface area contributed by atoms with Crippen molar-refractivity contribution in [3.8, 4) is 0 Å². The van der Waals surface area contributed by atoms with Gasteiger partial charge in [-0.05, 0) is 29.3 Å². The van der Waals surface area contributed by atoms with Crippen LogP contribution < -0.4 is 0 Å². The van der Waals surface area contributed by atoms with Gasteiger partial charge in [-0.25, -0.2) is 0 Å². The molecule has 0 aromatic carbocycles. The van der Waals surface area contributed by atoms with Crippen LogP contribution in [0.3, 0.4) is 0 Å². The number of nitrogens with zero attached hydrogens (tertiary/aromatic N) is 1. The van der Waals surface area contributed by atoms with Gasteiger partial charge in [-0.15, -0.1) is 0 Å². The zero-order valence-corrected chi connectivity index (χ0v) is 7.91. The van der Waals surface area contributed by atoms with Crippen molar-refractivity contribution in [2.24, 2.45) is 5.92 Å². The largest absolute Gasteiger partial charge is 0.370 e. The molecule has 0 fully saturated rings. The SMILES string of the molecule is CC(C)C1=CC2C(=C1)C=CN2C. The second-order valence-electron chi connectivity index (χ2n) is 3.89. The molecule has 1 aliphatic carbocycles. The van der Waals surface area contributed by atoms with E-state index in [0.717, 1.165) is 0 Å². The van der Waals surface area contributed by atoms with Crippen LogP contribution >= 0.6 is 0 Å². The van der Waals surface area contributed by atoms with Gasteiger partial charge in [-0.2, -0.15) is 0 Å². The topological polar surface area (TPSA) is 3.24 Å². The van der Waals surface area contributed by atoms with E-state index in [4.69, 9.17) is 0 Å². The fourth-order valence-electron chi connectivity index (χ4n) is 1.76. The van der Waals surface area contributed by atoms with Crippen molar-refractivity contribution in [1.29, 1.82) is 0 Å². The first kappa shape index (κ1) is 7.66. The molecular formula is C11H15N. The Kier molecular flexibility index (Phi) is 1.60. The van der Waals surface area contributed by atoms with Crippen molar-refractivity contribution < 1.29 is 0 Å². The van der Waals surface area contributed by atoms with Crippen molar-refractivity contribution in [1.82, 2.24) is 4.90 Å². The molecule has 0 amide bonds. The van der Waals surface area contributed by atoms with Crippen molar-refractivity contribution in [2.45, 2.75) is 19.9 Å². The van der Waals surface area contributed by atoms with Gasteiger partial charge in [-0.3, -0.25) is 0 Å². The highest BCUT2D eigenvalue weighted by Gasteiger charge is 2.24. The second-order valence-corrected chi connectivity index (χ2v) is 3.89. The van der Waals surface area contributed by atoms with Gasteiger partial charge in [0.25, 0.3) is 0 Å². The van der Waals surface area contributed by atoms with E-state index in [-0.39, 0.29) is 0 Å². The molecule has 64 valence electrons. The van der Waals surface area contributed by atoms with Crippen molar-refractivity contribution >= 4 is 0 Å². The molecule has 1 unspecified atom stereocenters. The molecule has 1 aliphatic heterocycles. The molecule has 1 atom stereocenters. The van der Waals surface area contributed by atoms with Crippen LogP contribution in [-0.2, 0) is 0 Å². The molecular weight excluding hydrogens is 146 g/mol. The van der Waals surface area contributed by atoms with Gasteiger partial charge in [0.2, 0.25) is 0 Å². The van der Waals surface area contributed by atoms with E-state index in [1.807, 2.05) is 0 Å². The molecule has 1 heterocycles. The van der Waals surface area contributed by atoms with Crippen LogP contribution in [0.1, 0.15) is 13.8 Å². The Morgan fingerprint density at radius 2 is 2.17 bits per heavy atom. The standard InChI is InChI=1S/C11H15N/c1-8(2)10-6-9-4-5-12(3)11(9)7-10/h4-8,11H,1-3H3. The molecule has 0 aromatic rings. The number of hydrogen-bond acceptors (Lipinski definition) is 1. The predicted molar refractivity (Wildman–Crippen MR) is 51.7 cm³/mol. The van der Waals surface area contributed by atoms with E-state index in [1.165, 1.54) is 11.1 Å². The summed E-state index contributed by atoms with van der Waals surface area (Å²) in [6.07, 6.45) is 9.02. The van der Waals surface area contributed by atoms with Crippen molar-refractivity contribution in [3.05, 3.63) is 35.6 Å². The summed E-state index contributed by atoms with van der Waals surface area (Å²) in [6, 6.07) is 0.530. The minimum absolute atomic E-state index is 0.530. The Morgan fingerprint density at radius 3 is 2.75 bits per heavy atom. The average molecular weight is 161 g/mol. The highest BCUT2D eigenvalue weighted by molar-refractivity contribution is 5.48. The molecule has 2 rings (SSSR count). The molecule has 0 bridgehead atoms. The number of allylic oxidation sites excluding steroid dienone is 2. The van der Waals surface area contributed by atoms with Crippen LogP contribution in [0, 0.1) is 5.92 Å². The molecule has 0 saturated heterocycles. The van der Waals surface area contributed by atoms with Crippen LogP contribution in [0.25, 0.3) is 0 Å². The molecule has 0 N–H and O–H groups in total. The molecule has 2 aliphatic rings. The highest BCUT2D eigenvalue weighted by Crippen LogP contribution is 2.31. The van der Waals surface area contributed by atoms with Crippen LogP contribution in [0.4, 0.5) is 0 Å². The summed E-state index contributed by atoms with van der Waals surface area (Å²) in [5.41, 5.74) is 2.92. The molecule has 1 heteroatoms. The number of fused-ring (bicyclic) bond motifs is 1. The zero-order chi connectivity index (χ0) is 8.72. The van der Waals surface area contributed by atoms with E-state index in [2.05, 4.69) is 50.2 Å². The fraction of sp³-hybridized carbons (Fsp3) is 0.455. The van der Waals surface area contributed by atoms with Gasteiger partial charge in [-0.1, -0.05) is 26.0 Å². The van der Waals surface area contributed by atoms with Crippen LogP contribution in [-0.4, -0.2) is 18.0 Å². The summed E-state index contributed by atoms with van der Waals surface area (Å²) in [7, 11) is 2.13.